The summed E-state index contributed by atoms with van der Waals surface area (Å²) in [7, 11) is 0. The minimum Gasteiger partial charge on any atom is -0.120 e. The van der Waals surface area contributed by atoms with E-state index in [0.29, 0.717) is 0 Å². The second-order valence-corrected chi connectivity index (χ2v) is 4.33. The molecule has 0 aliphatic heterocycles. The average Bonchev–Trinajstić information content (AvgIpc) is 2.18. The van der Waals surface area contributed by atoms with Crippen molar-refractivity contribution in [2.45, 2.75) is 65.7 Å². The summed E-state index contributed by atoms with van der Waals surface area (Å²) < 4.78 is 0. The molecule has 0 radical (unpaired) electrons. The minimum absolute atomic E-state index is 0. The SMILES string of the molecule is C.C#CC1(C)CCCCCCCC1. The van der Waals surface area contributed by atoms with Crippen LogP contribution in [0.25, 0.3) is 0 Å². The molecule has 0 heterocycles. The third-order valence-electron chi connectivity index (χ3n) is 3.06. The molecule has 0 N–H and O–H groups in total. The van der Waals surface area contributed by atoms with Crippen LogP contribution < -0.4 is 0 Å². The summed E-state index contributed by atoms with van der Waals surface area (Å²) in [6, 6.07) is 0. The molecule has 0 spiro atoms. The second kappa shape index (κ2) is 6.08. The zero-order valence-electron chi connectivity index (χ0n) is 8.23. The van der Waals surface area contributed by atoms with E-state index in [4.69, 9.17) is 6.42 Å². The maximum absolute atomic E-state index is 5.56. The first-order chi connectivity index (χ1) is 5.77. The molecule has 1 fully saturated rings. The standard InChI is InChI=1S/C12H20.CH4/c1-3-12(2)10-8-6-4-5-7-9-11-12;/h1H,4-11H2,2H3;1H4. The Morgan fingerprint density at radius 3 is 1.69 bits per heavy atom. The van der Waals surface area contributed by atoms with Gasteiger partial charge in [0.25, 0.3) is 0 Å². The predicted molar refractivity (Wildman–Crippen MR) is 60.6 cm³/mol. The van der Waals surface area contributed by atoms with Gasteiger partial charge in [-0.05, 0) is 19.8 Å². The van der Waals surface area contributed by atoms with Crippen LogP contribution >= 0.6 is 0 Å². The lowest BCUT2D eigenvalue weighted by molar-refractivity contribution is 0.360. The summed E-state index contributed by atoms with van der Waals surface area (Å²) in [4.78, 5) is 0. The fraction of sp³-hybridized carbons (Fsp3) is 0.846. The number of terminal acetylenes is 1. The molecule has 1 aliphatic rings. The number of hydrogen-bond donors (Lipinski definition) is 0. The highest BCUT2D eigenvalue weighted by Gasteiger charge is 2.20. The van der Waals surface area contributed by atoms with Crippen molar-refractivity contribution in [1.29, 1.82) is 0 Å². The van der Waals surface area contributed by atoms with Gasteiger partial charge in [-0.2, -0.15) is 0 Å². The Bertz CT molecular complexity index is 151. The fourth-order valence-electron chi connectivity index (χ4n) is 2.01. The van der Waals surface area contributed by atoms with E-state index in [1.54, 1.807) is 0 Å². The monoisotopic (exact) mass is 180 g/mol. The van der Waals surface area contributed by atoms with Crippen LogP contribution in [-0.4, -0.2) is 0 Å². The molecule has 13 heavy (non-hydrogen) atoms. The molecule has 0 aromatic heterocycles. The van der Waals surface area contributed by atoms with Crippen molar-refractivity contribution in [3.63, 3.8) is 0 Å². The van der Waals surface area contributed by atoms with Crippen molar-refractivity contribution in [1.82, 2.24) is 0 Å². The lowest BCUT2D eigenvalue weighted by Crippen LogP contribution is -2.12. The Morgan fingerprint density at radius 1 is 0.923 bits per heavy atom. The van der Waals surface area contributed by atoms with E-state index in [1.807, 2.05) is 0 Å². The Morgan fingerprint density at radius 2 is 1.31 bits per heavy atom. The van der Waals surface area contributed by atoms with Crippen LogP contribution in [0.2, 0.25) is 0 Å². The summed E-state index contributed by atoms with van der Waals surface area (Å²) >= 11 is 0. The van der Waals surface area contributed by atoms with Crippen molar-refractivity contribution >= 4 is 0 Å². The van der Waals surface area contributed by atoms with Crippen LogP contribution in [0.4, 0.5) is 0 Å². The summed E-state index contributed by atoms with van der Waals surface area (Å²) in [5.74, 6) is 2.98. The van der Waals surface area contributed by atoms with Gasteiger partial charge in [0, 0.05) is 5.41 Å². The molecule has 0 unspecified atom stereocenters. The van der Waals surface area contributed by atoms with Gasteiger partial charge in [-0.15, -0.1) is 12.3 Å². The smallest absolute Gasteiger partial charge is 0.0284 e. The van der Waals surface area contributed by atoms with E-state index in [0.717, 1.165) is 0 Å². The van der Waals surface area contributed by atoms with Gasteiger partial charge in [0.15, 0.2) is 0 Å². The Kier molecular flexibility index (Phi) is 5.88. The van der Waals surface area contributed by atoms with E-state index in [9.17, 15) is 0 Å². The van der Waals surface area contributed by atoms with Crippen molar-refractivity contribution in [2.75, 3.05) is 0 Å². The van der Waals surface area contributed by atoms with Gasteiger partial charge in [-0.1, -0.05) is 46.0 Å². The zero-order chi connectivity index (χ0) is 8.86. The summed E-state index contributed by atoms with van der Waals surface area (Å²) in [6.07, 6.45) is 16.3. The lowest BCUT2D eigenvalue weighted by Gasteiger charge is -2.22. The molecule has 0 aromatic rings. The van der Waals surface area contributed by atoms with E-state index in [1.165, 1.54) is 51.4 Å². The molecule has 1 aliphatic carbocycles. The van der Waals surface area contributed by atoms with Crippen molar-refractivity contribution < 1.29 is 0 Å². The molecular weight excluding hydrogens is 156 g/mol. The molecule has 0 heteroatoms. The normalized spacial score (nSPS) is 22.8. The zero-order valence-corrected chi connectivity index (χ0v) is 8.23. The molecule has 0 amide bonds. The van der Waals surface area contributed by atoms with Gasteiger partial charge in [0.1, 0.15) is 0 Å². The van der Waals surface area contributed by atoms with Crippen LogP contribution in [-0.2, 0) is 0 Å². The second-order valence-electron chi connectivity index (χ2n) is 4.33. The molecular formula is C13H24. The minimum atomic E-state index is 0. The fourth-order valence-corrected chi connectivity index (χ4v) is 2.01. The van der Waals surface area contributed by atoms with Crippen LogP contribution in [0.3, 0.4) is 0 Å². The van der Waals surface area contributed by atoms with E-state index < -0.39 is 0 Å². The van der Waals surface area contributed by atoms with Gasteiger partial charge >= 0.3 is 0 Å². The van der Waals surface area contributed by atoms with Crippen LogP contribution in [0.1, 0.15) is 65.7 Å². The van der Waals surface area contributed by atoms with Gasteiger partial charge < -0.3 is 0 Å². The van der Waals surface area contributed by atoms with Gasteiger partial charge in [0.2, 0.25) is 0 Å². The van der Waals surface area contributed by atoms with Crippen molar-refractivity contribution in [3.05, 3.63) is 0 Å². The van der Waals surface area contributed by atoms with Gasteiger partial charge in [-0.25, -0.2) is 0 Å². The molecule has 1 saturated carbocycles. The molecule has 76 valence electrons. The van der Waals surface area contributed by atoms with Crippen molar-refractivity contribution in [3.8, 4) is 12.3 Å². The number of rotatable bonds is 0. The van der Waals surface area contributed by atoms with E-state index >= 15 is 0 Å². The maximum atomic E-state index is 5.56. The summed E-state index contributed by atoms with van der Waals surface area (Å²) in [5.41, 5.74) is 0.213. The van der Waals surface area contributed by atoms with Gasteiger partial charge in [-0.3, -0.25) is 0 Å². The van der Waals surface area contributed by atoms with Crippen LogP contribution in [0.5, 0.6) is 0 Å². The van der Waals surface area contributed by atoms with E-state index in [-0.39, 0.29) is 12.8 Å². The summed E-state index contributed by atoms with van der Waals surface area (Å²) in [6.45, 7) is 2.25. The first kappa shape index (κ1) is 12.6. The Hall–Kier alpha value is -0.440. The quantitative estimate of drug-likeness (QED) is 0.485. The average molecular weight is 180 g/mol. The van der Waals surface area contributed by atoms with E-state index in [2.05, 4.69) is 12.8 Å². The topological polar surface area (TPSA) is 0 Å². The van der Waals surface area contributed by atoms with Gasteiger partial charge in [0.05, 0.1) is 0 Å². The van der Waals surface area contributed by atoms with Crippen molar-refractivity contribution in [2.24, 2.45) is 5.41 Å². The molecule has 0 atom stereocenters. The number of hydrogen-bond acceptors (Lipinski definition) is 0. The lowest BCUT2D eigenvalue weighted by atomic mass is 9.82. The predicted octanol–water partition coefficient (Wildman–Crippen LogP) is 4.40. The first-order valence-electron chi connectivity index (χ1n) is 5.25. The largest absolute Gasteiger partial charge is 0.120 e. The third kappa shape index (κ3) is 4.36. The highest BCUT2D eigenvalue weighted by molar-refractivity contribution is 5.02. The van der Waals surface area contributed by atoms with Crippen LogP contribution in [0, 0.1) is 17.8 Å². The summed E-state index contributed by atoms with van der Waals surface area (Å²) in [5, 5.41) is 0. The third-order valence-corrected chi connectivity index (χ3v) is 3.06. The molecule has 1 rings (SSSR count). The molecule has 0 nitrogen and oxygen atoms in total. The molecule has 0 aromatic carbocycles. The first-order valence-corrected chi connectivity index (χ1v) is 5.25. The maximum Gasteiger partial charge on any atom is 0.0284 e. The van der Waals surface area contributed by atoms with Crippen LogP contribution in [0.15, 0.2) is 0 Å². The highest BCUT2D eigenvalue weighted by Crippen LogP contribution is 2.31. The molecule has 0 bridgehead atoms. The Labute approximate surface area is 84.1 Å². The molecule has 0 saturated heterocycles. The highest BCUT2D eigenvalue weighted by atomic mass is 14.2. The Balaban J connectivity index is 0.00000144.